The fraction of sp³-hybridized carbons (Fsp3) is 1.00. The third kappa shape index (κ3) is 1.99. The summed E-state index contributed by atoms with van der Waals surface area (Å²) < 4.78 is 99.8. The molecule has 114 valence electrons. The van der Waals surface area contributed by atoms with Crippen molar-refractivity contribution < 1.29 is 39.6 Å². The molecule has 1 fully saturated rings. The second kappa shape index (κ2) is 4.88. The molecule has 0 unspecified atom stereocenters. The molecule has 0 radical (unpaired) electrons. The summed E-state index contributed by atoms with van der Waals surface area (Å²) in [4.78, 5) is 0. The fourth-order valence-electron chi connectivity index (χ4n) is 1.99. The molecule has 0 aromatic rings. The zero-order valence-corrected chi connectivity index (χ0v) is 11.3. The molecule has 1 rings (SSSR count). The van der Waals surface area contributed by atoms with E-state index >= 15 is 0 Å². The zero-order chi connectivity index (χ0) is 15.1. The van der Waals surface area contributed by atoms with E-state index in [1.807, 2.05) is 0 Å². The molecule has 1 saturated carbocycles. The number of rotatable bonds is 6. The Balaban J connectivity index is 2.72. The number of hydrogen-bond acceptors (Lipinski definition) is 2. The van der Waals surface area contributed by atoms with Crippen LogP contribution in [0.2, 0.25) is 6.04 Å². The quantitative estimate of drug-likeness (QED) is 0.554. The minimum absolute atomic E-state index is 0.0313. The van der Waals surface area contributed by atoms with E-state index < -0.39 is 45.6 Å². The molecule has 0 aromatic heterocycles. The molecule has 0 atom stereocenters. The predicted octanol–water partition coefficient (Wildman–Crippen LogP) is 2.91. The van der Waals surface area contributed by atoms with Gasteiger partial charge in [0.25, 0.3) is 0 Å². The summed E-state index contributed by atoms with van der Waals surface area (Å²) in [6.45, 7) is 0. The summed E-state index contributed by atoms with van der Waals surface area (Å²) in [7, 11) is 0.309. The van der Waals surface area contributed by atoms with Gasteiger partial charge in [0.1, 0.15) is 0 Å². The van der Waals surface area contributed by atoms with Crippen LogP contribution in [0.1, 0.15) is 12.8 Å². The average molecular weight is 314 g/mol. The van der Waals surface area contributed by atoms with Crippen LogP contribution in [0.3, 0.4) is 0 Å². The standard InChI is InChI=1S/C9H13F7O2Si/c1-17-19(18-2)5-3-4-6(10)7(11,12)9(15,16)8(6,13)14/h19H,3-5H2,1-2H3. The molecule has 0 aliphatic heterocycles. The first-order chi connectivity index (χ1) is 8.49. The molecule has 0 aromatic carbocycles. The monoisotopic (exact) mass is 314 g/mol. The molecule has 0 spiro atoms. The van der Waals surface area contributed by atoms with Gasteiger partial charge in [-0.1, -0.05) is 0 Å². The van der Waals surface area contributed by atoms with Gasteiger partial charge < -0.3 is 8.85 Å². The van der Waals surface area contributed by atoms with Crippen molar-refractivity contribution in [1.82, 2.24) is 0 Å². The maximum Gasteiger partial charge on any atom is 0.379 e. The Bertz CT molecular complexity index is 315. The van der Waals surface area contributed by atoms with Crippen LogP contribution in [0, 0.1) is 0 Å². The number of halogens is 7. The van der Waals surface area contributed by atoms with Gasteiger partial charge in [0, 0.05) is 14.2 Å². The number of hydrogen-bond donors (Lipinski definition) is 0. The molecule has 10 heteroatoms. The van der Waals surface area contributed by atoms with Gasteiger partial charge in [-0.05, 0) is 18.9 Å². The summed E-state index contributed by atoms with van der Waals surface area (Å²) in [6, 6.07) is -0.0313. The highest BCUT2D eigenvalue weighted by Crippen LogP contribution is 2.70. The largest absolute Gasteiger partial charge is 0.400 e. The molecule has 0 saturated heterocycles. The minimum atomic E-state index is -5.66. The third-order valence-electron chi connectivity index (χ3n) is 3.27. The lowest BCUT2D eigenvalue weighted by Gasteiger charge is -2.54. The van der Waals surface area contributed by atoms with Gasteiger partial charge >= 0.3 is 27.1 Å². The van der Waals surface area contributed by atoms with Crippen LogP contribution in [0.5, 0.6) is 0 Å². The minimum Gasteiger partial charge on any atom is -0.400 e. The Morgan fingerprint density at radius 2 is 1.21 bits per heavy atom. The molecular formula is C9H13F7O2Si. The van der Waals surface area contributed by atoms with E-state index in [1.165, 1.54) is 14.2 Å². The van der Waals surface area contributed by atoms with Crippen LogP contribution in [0.25, 0.3) is 0 Å². The van der Waals surface area contributed by atoms with E-state index in [2.05, 4.69) is 0 Å². The normalized spacial score (nSPS) is 26.2. The highest BCUT2D eigenvalue weighted by Gasteiger charge is 2.99. The topological polar surface area (TPSA) is 18.5 Å². The van der Waals surface area contributed by atoms with Crippen LogP contribution in [0.15, 0.2) is 0 Å². The second-order valence-corrected chi connectivity index (χ2v) is 6.70. The fourth-order valence-corrected chi connectivity index (χ4v) is 3.19. The lowest BCUT2D eigenvalue weighted by atomic mass is 9.67. The summed E-state index contributed by atoms with van der Waals surface area (Å²) in [5, 5.41) is 0. The van der Waals surface area contributed by atoms with Crippen LogP contribution in [-0.2, 0) is 8.85 Å². The van der Waals surface area contributed by atoms with Crippen molar-refractivity contribution in [3.63, 3.8) is 0 Å². The first kappa shape index (κ1) is 16.7. The highest BCUT2D eigenvalue weighted by molar-refractivity contribution is 6.44. The van der Waals surface area contributed by atoms with Gasteiger partial charge in [-0.15, -0.1) is 0 Å². The van der Waals surface area contributed by atoms with E-state index in [0.717, 1.165) is 0 Å². The predicted molar refractivity (Wildman–Crippen MR) is 53.9 cm³/mol. The van der Waals surface area contributed by atoms with Crippen molar-refractivity contribution in [3.05, 3.63) is 0 Å². The molecule has 1 aliphatic rings. The van der Waals surface area contributed by atoms with Crippen molar-refractivity contribution >= 4 is 9.28 Å². The lowest BCUT2D eigenvalue weighted by Crippen LogP contribution is -2.84. The molecule has 0 amide bonds. The SMILES string of the molecule is CO[SiH](CCCC1(F)C(F)(F)C(F)(F)C1(F)F)OC. The van der Waals surface area contributed by atoms with Gasteiger partial charge in [-0.25, -0.2) is 4.39 Å². The smallest absolute Gasteiger partial charge is 0.379 e. The Morgan fingerprint density at radius 1 is 0.789 bits per heavy atom. The van der Waals surface area contributed by atoms with E-state index in [4.69, 9.17) is 8.85 Å². The van der Waals surface area contributed by atoms with Crippen molar-refractivity contribution in [2.24, 2.45) is 0 Å². The molecule has 0 N–H and O–H groups in total. The first-order valence-corrected chi connectivity index (χ1v) is 7.13. The Hall–Kier alpha value is -0.353. The summed E-state index contributed by atoms with van der Waals surface area (Å²) >= 11 is 0. The maximum absolute atomic E-state index is 13.6. The second-order valence-electron chi connectivity index (χ2n) is 4.32. The van der Waals surface area contributed by atoms with Gasteiger partial charge in [-0.3, -0.25) is 0 Å². The molecule has 0 heterocycles. The maximum atomic E-state index is 13.6. The number of alkyl halides is 7. The van der Waals surface area contributed by atoms with E-state index in [-0.39, 0.29) is 6.04 Å². The Kier molecular flexibility index (Phi) is 4.29. The van der Waals surface area contributed by atoms with Crippen LogP contribution < -0.4 is 0 Å². The molecule has 2 nitrogen and oxygen atoms in total. The van der Waals surface area contributed by atoms with Gasteiger partial charge in [0.2, 0.25) is 5.67 Å². The molecule has 1 aliphatic carbocycles. The zero-order valence-electron chi connectivity index (χ0n) is 10.2. The average Bonchev–Trinajstić information content (AvgIpc) is 2.32. The van der Waals surface area contributed by atoms with E-state index in [0.29, 0.717) is 0 Å². The highest BCUT2D eigenvalue weighted by atomic mass is 28.3. The van der Waals surface area contributed by atoms with Gasteiger partial charge in [-0.2, -0.15) is 26.3 Å². The van der Waals surface area contributed by atoms with Crippen molar-refractivity contribution in [2.45, 2.75) is 42.3 Å². The summed E-state index contributed by atoms with van der Waals surface area (Å²) in [5.74, 6) is -16.4. The van der Waals surface area contributed by atoms with Crippen LogP contribution in [-0.4, -0.2) is 46.9 Å². The van der Waals surface area contributed by atoms with E-state index in [1.54, 1.807) is 0 Å². The summed E-state index contributed by atoms with van der Waals surface area (Å²) in [5.41, 5.74) is -4.52. The van der Waals surface area contributed by atoms with Gasteiger partial charge in [0.05, 0.1) is 0 Å². The van der Waals surface area contributed by atoms with Crippen molar-refractivity contribution in [2.75, 3.05) is 14.2 Å². The molecular weight excluding hydrogens is 301 g/mol. The van der Waals surface area contributed by atoms with Crippen LogP contribution in [0.4, 0.5) is 30.7 Å². The van der Waals surface area contributed by atoms with E-state index in [9.17, 15) is 30.7 Å². The van der Waals surface area contributed by atoms with Crippen molar-refractivity contribution in [3.8, 4) is 0 Å². The van der Waals surface area contributed by atoms with Crippen LogP contribution >= 0.6 is 0 Å². The molecule has 19 heavy (non-hydrogen) atoms. The van der Waals surface area contributed by atoms with Crippen molar-refractivity contribution in [1.29, 1.82) is 0 Å². The third-order valence-corrected chi connectivity index (χ3v) is 5.20. The first-order valence-electron chi connectivity index (χ1n) is 5.37. The Morgan fingerprint density at radius 3 is 1.58 bits per heavy atom. The summed E-state index contributed by atoms with van der Waals surface area (Å²) in [6.07, 6.45) is -1.82. The Labute approximate surface area is 106 Å². The molecule has 0 bridgehead atoms. The lowest BCUT2D eigenvalue weighted by molar-refractivity contribution is -0.474. The van der Waals surface area contributed by atoms with Gasteiger partial charge in [0.15, 0.2) is 0 Å².